The quantitative estimate of drug-likeness (QED) is 0.922. The van der Waals surface area contributed by atoms with Crippen LogP contribution in [0.5, 0.6) is 11.5 Å². The summed E-state index contributed by atoms with van der Waals surface area (Å²) in [6, 6.07) is 10.8. The van der Waals surface area contributed by atoms with Gasteiger partial charge in [-0.15, -0.1) is 0 Å². The molecule has 0 bridgehead atoms. The molecule has 5 nitrogen and oxygen atoms in total. The highest BCUT2D eigenvalue weighted by atomic mass is 16.5. The fourth-order valence-electron chi connectivity index (χ4n) is 1.88. The molecule has 0 unspecified atom stereocenters. The summed E-state index contributed by atoms with van der Waals surface area (Å²) in [7, 11) is 3.44. The van der Waals surface area contributed by atoms with Crippen LogP contribution in [0.1, 0.15) is 11.3 Å². The maximum Gasteiger partial charge on any atom is 0.160 e. The van der Waals surface area contributed by atoms with Gasteiger partial charge < -0.3 is 14.7 Å². The molecule has 20 heavy (non-hydrogen) atoms. The molecule has 0 amide bonds. The Bertz CT molecular complexity index is 633. The molecule has 1 heterocycles. The van der Waals surface area contributed by atoms with Gasteiger partial charge in [0.1, 0.15) is 11.8 Å². The molecular formula is C15H15N3O2. The van der Waals surface area contributed by atoms with E-state index in [1.54, 1.807) is 24.4 Å². The highest BCUT2D eigenvalue weighted by molar-refractivity contribution is 5.47. The molecule has 0 saturated carbocycles. The maximum atomic E-state index is 9.75. The maximum absolute atomic E-state index is 9.75. The van der Waals surface area contributed by atoms with Gasteiger partial charge in [-0.1, -0.05) is 6.07 Å². The minimum Gasteiger partial charge on any atom is -0.504 e. The van der Waals surface area contributed by atoms with Crippen molar-refractivity contribution in [1.82, 2.24) is 4.98 Å². The van der Waals surface area contributed by atoms with Gasteiger partial charge in [-0.3, -0.25) is 0 Å². The third-order valence-electron chi connectivity index (χ3n) is 2.97. The summed E-state index contributed by atoms with van der Waals surface area (Å²) < 4.78 is 5.01. The van der Waals surface area contributed by atoms with Crippen LogP contribution >= 0.6 is 0 Å². The van der Waals surface area contributed by atoms with Crippen LogP contribution in [-0.4, -0.2) is 24.2 Å². The third kappa shape index (κ3) is 2.98. The van der Waals surface area contributed by atoms with Crippen LogP contribution in [0, 0.1) is 11.3 Å². The van der Waals surface area contributed by atoms with E-state index in [0.29, 0.717) is 18.0 Å². The smallest absolute Gasteiger partial charge is 0.160 e. The van der Waals surface area contributed by atoms with Crippen LogP contribution in [-0.2, 0) is 6.54 Å². The minimum absolute atomic E-state index is 0.122. The molecule has 1 aromatic carbocycles. The molecule has 0 saturated heterocycles. The lowest BCUT2D eigenvalue weighted by Crippen LogP contribution is -2.16. The summed E-state index contributed by atoms with van der Waals surface area (Å²) in [6.07, 6.45) is 1.65. The normalized spacial score (nSPS) is 9.85. The van der Waals surface area contributed by atoms with Gasteiger partial charge in [-0.25, -0.2) is 4.98 Å². The summed E-state index contributed by atoms with van der Waals surface area (Å²) in [6.45, 7) is 0.616. The van der Waals surface area contributed by atoms with E-state index in [1.807, 2.05) is 30.1 Å². The monoisotopic (exact) mass is 269 g/mol. The van der Waals surface area contributed by atoms with Crippen molar-refractivity contribution in [1.29, 1.82) is 5.26 Å². The summed E-state index contributed by atoms with van der Waals surface area (Å²) in [4.78, 5) is 6.01. The zero-order chi connectivity index (χ0) is 14.5. The Kier molecular flexibility index (Phi) is 4.06. The first-order valence-corrected chi connectivity index (χ1v) is 6.07. The number of rotatable bonds is 4. The molecule has 0 aliphatic carbocycles. The largest absolute Gasteiger partial charge is 0.504 e. The molecule has 5 heteroatoms. The number of nitrogens with zero attached hydrogens (tertiary/aromatic N) is 3. The minimum atomic E-state index is 0.122. The number of hydrogen-bond acceptors (Lipinski definition) is 5. The van der Waals surface area contributed by atoms with Crippen LogP contribution in [0.2, 0.25) is 0 Å². The number of nitriles is 1. The van der Waals surface area contributed by atoms with E-state index < -0.39 is 0 Å². The van der Waals surface area contributed by atoms with Crippen molar-refractivity contribution in [3.63, 3.8) is 0 Å². The molecule has 102 valence electrons. The van der Waals surface area contributed by atoms with E-state index in [-0.39, 0.29) is 5.75 Å². The zero-order valence-electron chi connectivity index (χ0n) is 11.4. The second-order valence-corrected chi connectivity index (χ2v) is 4.38. The Labute approximate surface area is 117 Å². The highest BCUT2D eigenvalue weighted by Gasteiger charge is 2.06. The molecule has 0 aliphatic rings. The molecule has 2 aromatic rings. The number of pyridine rings is 1. The van der Waals surface area contributed by atoms with E-state index in [1.165, 1.54) is 7.11 Å². The number of benzene rings is 1. The van der Waals surface area contributed by atoms with Gasteiger partial charge in [0.2, 0.25) is 0 Å². The predicted octanol–water partition coefficient (Wildman–Crippen LogP) is 2.30. The number of phenols is 1. The zero-order valence-corrected chi connectivity index (χ0v) is 11.4. The van der Waals surface area contributed by atoms with E-state index in [9.17, 15) is 5.11 Å². The Hall–Kier alpha value is -2.74. The molecule has 0 atom stereocenters. The second kappa shape index (κ2) is 5.93. The topological polar surface area (TPSA) is 69.4 Å². The van der Waals surface area contributed by atoms with E-state index in [4.69, 9.17) is 10.00 Å². The van der Waals surface area contributed by atoms with Gasteiger partial charge in [0.15, 0.2) is 11.5 Å². The molecule has 0 spiro atoms. The van der Waals surface area contributed by atoms with Crippen LogP contribution in [0.15, 0.2) is 36.5 Å². The van der Waals surface area contributed by atoms with E-state index in [0.717, 1.165) is 11.3 Å². The first-order valence-electron chi connectivity index (χ1n) is 6.07. The number of methoxy groups -OCH3 is 1. The first kappa shape index (κ1) is 13.7. The molecular weight excluding hydrogens is 254 g/mol. The van der Waals surface area contributed by atoms with Gasteiger partial charge in [-0.05, 0) is 29.8 Å². The summed E-state index contributed by atoms with van der Waals surface area (Å²) >= 11 is 0. The van der Waals surface area contributed by atoms with Gasteiger partial charge in [0, 0.05) is 13.6 Å². The van der Waals surface area contributed by atoms with Gasteiger partial charge >= 0.3 is 0 Å². The summed E-state index contributed by atoms with van der Waals surface area (Å²) in [5.41, 5.74) is 2.25. The molecule has 2 rings (SSSR count). The van der Waals surface area contributed by atoms with Gasteiger partial charge in [-0.2, -0.15) is 5.26 Å². The number of hydrogen-bond donors (Lipinski definition) is 1. The summed E-state index contributed by atoms with van der Waals surface area (Å²) in [5.74, 6) is 0.577. The molecule has 0 fully saturated rings. The van der Waals surface area contributed by atoms with Crippen molar-refractivity contribution in [3.05, 3.63) is 47.8 Å². The van der Waals surface area contributed by atoms with E-state index in [2.05, 4.69) is 4.98 Å². The molecule has 0 aliphatic heterocycles. The molecule has 1 aromatic heterocycles. The average Bonchev–Trinajstić information content (AvgIpc) is 2.47. The van der Waals surface area contributed by atoms with Crippen molar-refractivity contribution < 1.29 is 9.84 Å². The van der Waals surface area contributed by atoms with Crippen molar-refractivity contribution in [2.24, 2.45) is 0 Å². The fourth-order valence-corrected chi connectivity index (χ4v) is 1.88. The Morgan fingerprint density at radius 1 is 1.35 bits per heavy atom. The standard InChI is InChI=1S/C15H15N3O2/c1-18(13-5-4-12(8-16)17-9-13)10-11-3-6-15(20-2)14(19)7-11/h3-7,9,19H,10H2,1-2H3. The van der Waals surface area contributed by atoms with Crippen LogP contribution < -0.4 is 9.64 Å². The Morgan fingerprint density at radius 2 is 2.15 bits per heavy atom. The SMILES string of the molecule is COc1ccc(CN(C)c2ccc(C#N)nc2)cc1O. The van der Waals surface area contributed by atoms with Crippen LogP contribution in [0.3, 0.4) is 0 Å². The second-order valence-electron chi connectivity index (χ2n) is 4.38. The van der Waals surface area contributed by atoms with Crippen LogP contribution in [0.25, 0.3) is 0 Å². The third-order valence-corrected chi connectivity index (χ3v) is 2.97. The lowest BCUT2D eigenvalue weighted by molar-refractivity contribution is 0.373. The Morgan fingerprint density at radius 3 is 2.70 bits per heavy atom. The van der Waals surface area contributed by atoms with Gasteiger partial charge in [0.05, 0.1) is 19.0 Å². The fraction of sp³-hybridized carbons (Fsp3) is 0.200. The van der Waals surface area contributed by atoms with Gasteiger partial charge in [0.25, 0.3) is 0 Å². The average molecular weight is 269 g/mol. The van der Waals surface area contributed by atoms with Crippen molar-refractivity contribution in [3.8, 4) is 17.6 Å². The lowest BCUT2D eigenvalue weighted by Gasteiger charge is -2.19. The lowest BCUT2D eigenvalue weighted by atomic mass is 10.2. The highest BCUT2D eigenvalue weighted by Crippen LogP contribution is 2.27. The number of anilines is 1. The first-order chi connectivity index (χ1) is 9.63. The molecule has 1 N–H and O–H groups in total. The number of ether oxygens (including phenoxy) is 1. The number of aromatic nitrogens is 1. The molecule has 0 radical (unpaired) electrons. The summed E-state index contributed by atoms with van der Waals surface area (Å²) in [5, 5.41) is 18.5. The Balaban J connectivity index is 2.12. The van der Waals surface area contributed by atoms with Crippen molar-refractivity contribution >= 4 is 5.69 Å². The predicted molar refractivity (Wildman–Crippen MR) is 75.7 cm³/mol. The van der Waals surface area contributed by atoms with Crippen molar-refractivity contribution in [2.75, 3.05) is 19.1 Å². The number of phenolic OH excluding ortho intramolecular Hbond substituents is 1. The van der Waals surface area contributed by atoms with Crippen molar-refractivity contribution in [2.45, 2.75) is 6.54 Å². The number of aromatic hydroxyl groups is 1. The van der Waals surface area contributed by atoms with Crippen LogP contribution in [0.4, 0.5) is 5.69 Å². The van der Waals surface area contributed by atoms with E-state index >= 15 is 0 Å².